The Bertz CT molecular complexity index is 486. The minimum Gasteiger partial charge on any atom is -0.481 e. The summed E-state index contributed by atoms with van der Waals surface area (Å²) in [6.07, 6.45) is 10.7. The Labute approximate surface area is 136 Å². The highest BCUT2D eigenvalue weighted by Crippen LogP contribution is 2.28. The largest absolute Gasteiger partial charge is 0.481 e. The molecule has 21 heavy (non-hydrogen) atoms. The van der Waals surface area contributed by atoms with Crippen LogP contribution in [0.4, 0.5) is 0 Å². The summed E-state index contributed by atoms with van der Waals surface area (Å²) in [4.78, 5) is 0. The fraction of sp³-hybridized carbons (Fsp3) is 0.556. The number of nitrogens with one attached hydrogen (secondary N) is 1. The third kappa shape index (κ3) is 5.37. The van der Waals surface area contributed by atoms with E-state index in [0.29, 0.717) is 6.61 Å². The molecule has 0 radical (unpaired) electrons. The Hall–Kier alpha value is -0.980. The van der Waals surface area contributed by atoms with Crippen molar-refractivity contribution in [3.8, 4) is 18.1 Å². The van der Waals surface area contributed by atoms with E-state index in [1.165, 1.54) is 25.7 Å². The lowest BCUT2D eigenvalue weighted by molar-refractivity contribution is 0.281. The Morgan fingerprint density at radius 2 is 2.10 bits per heavy atom. The van der Waals surface area contributed by atoms with Crippen molar-refractivity contribution in [1.29, 1.82) is 0 Å². The van der Waals surface area contributed by atoms with E-state index in [2.05, 4.69) is 40.2 Å². The quantitative estimate of drug-likeness (QED) is 0.769. The van der Waals surface area contributed by atoms with Gasteiger partial charge in [0.05, 0.1) is 0 Å². The zero-order valence-electron chi connectivity index (χ0n) is 12.7. The number of hydrogen-bond donors (Lipinski definition) is 1. The molecular weight excluding hydrogens is 326 g/mol. The first kappa shape index (κ1) is 16.4. The molecule has 1 N–H and O–H groups in total. The molecule has 3 heteroatoms. The monoisotopic (exact) mass is 349 g/mol. The first-order valence-corrected chi connectivity index (χ1v) is 8.53. The van der Waals surface area contributed by atoms with Gasteiger partial charge in [0, 0.05) is 16.6 Å². The van der Waals surface area contributed by atoms with Crippen LogP contribution in [0.2, 0.25) is 0 Å². The van der Waals surface area contributed by atoms with E-state index in [1.54, 1.807) is 0 Å². The standard InChI is InChI=1S/C18H24BrNO/c1-3-10-21-18-9-8-17(19)11-16(18)13-20-12-15-6-4-14(2)5-7-15/h1,8-9,11,14-15,20H,4-7,10,12-13H2,2H3. The molecule has 0 aromatic heterocycles. The molecule has 1 aromatic carbocycles. The molecule has 1 saturated carbocycles. The average molecular weight is 350 g/mol. The normalized spacial score (nSPS) is 21.8. The summed E-state index contributed by atoms with van der Waals surface area (Å²) in [5.74, 6) is 5.13. The fourth-order valence-corrected chi connectivity index (χ4v) is 3.30. The molecule has 1 aliphatic rings. The molecule has 0 bridgehead atoms. The minimum atomic E-state index is 0.315. The molecule has 0 heterocycles. The number of benzene rings is 1. The maximum absolute atomic E-state index is 5.60. The van der Waals surface area contributed by atoms with Crippen LogP contribution in [0.25, 0.3) is 0 Å². The van der Waals surface area contributed by atoms with Crippen LogP contribution in [0.1, 0.15) is 38.2 Å². The summed E-state index contributed by atoms with van der Waals surface area (Å²) in [6, 6.07) is 6.06. The van der Waals surface area contributed by atoms with E-state index in [4.69, 9.17) is 11.2 Å². The van der Waals surface area contributed by atoms with Gasteiger partial charge < -0.3 is 10.1 Å². The van der Waals surface area contributed by atoms with E-state index in [-0.39, 0.29) is 0 Å². The van der Waals surface area contributed by atoms with E-state index in [0.717, 1.165) is 40.7 Å². The van der Waals surface area contributed by atoms with Gasteiger partial charge in [0.2, 0.25) is 0 Å². The molecule has 0 atom stereocenters. The van der Waals surface area contributed by atoms with E-state index < -0.39 is 0 Å². The molecule has 2 rings (SSSR count). The van der Waals surface area contributed by atoms with Gasteiger partial charge >= 0.3 is 0 Å². The molecule has 2 nitrogen and oxygen atoms in total. The predicted molar refractivity (Wildman–Crippen MR) is 91.3 cm³/mol. The van der Waals surface area contributed by atoms with Crippen LogP contribution in [0.5, 0.6) is 5.75 Å². The lowest BCUT2D eigenvalue weighted by atomic mass is 9.83. The number of rotatable bonds is 6. The highest BCUT2D eigenvalue weighted by molar-refractivity contribution is 9.10. The molecule has 1 aliphatic carbocycles. The Morgan fingerprint density at radius 1 is 1.33 bits per heavy atom. The summed E-state index contributed by atoms with van der Waals surface area (Å²) in [5.41, 5.74) is 1.16. The van der Waals surface area contributed by atoms with Crippen molar-refractivity contribution in [3.63, 3.8) is 0 Å². The number of hydrogen-bond acceptors (Lipinski definition) is 2. The zero-order valence-corrected chi connectivity index (χ0v) is 14.3. The van der Waals surface area contributed by atoms with Gasteiger partial charge in [-0.15, -0.1) is 6.42 Å². The van der Waals surface area contributed by atoms with Crippen LogP contribution in [-0.2, 0) is 6.54 Å². The van der Waals surface area contributed by atoms with Crippen LogP contribution < -0.4 is 10.1 Å². The molecule has 114 valence electrons. The Balaban J connectivity index is 1.84. The van der Waals surface area contributed by atoms with Crippen molar-refractivity contribution in [1.82, 2.24) is 5.32 Å². The van der Waals surface area contributed by atoms with Crippen LogP contribution in [0, 0.1) is 24.2 Å². The molecule has 0 spiro atoms. The summed E-state index contributed by atoms with van der Waals surface area (Å²) < 4.78 is 6.67. The molecule has 0 aliphatic heterocycles. The van der Waals surface area contributed by atoms with Crippen molar-refractivity contribution in [3.05, 3.63) is 28.2 Å². The van der Waals surface area contributed by atoms with Gasteiger partial charge in [-0.3, -0.25) is 0 Å². The van der Waals surface area contributed by atoms with E-state index in [9.17, 15) is 0 Å². The third-order valence-electron chi connectivity index (χ3n) is 4.22. The first-order valence-electron chi connectivity index (χ1n) is 7.74. The summed E-state index contributed by atoms with van der Waals surface area (Å²) in [7, 11) is 0. The third-order valence-corrected chi connectivity index (χ3v) is 4.71. The van der Waals surface area contributed by atoms with Gasteiger partial charge in [0.15, 0.2) is 0 Å². The molecular formula is C18H24BrNO. The van der Waals surface area contributed by atoms with Crippen LogP contribution >= 0.6 is 15.9 Å². The summed E-state index contributed by atoms with van der Waals surface area (Å²) >= 11 is 3.52. The van der Waals surface area contributed by atoms with Crippen LogP contribution in [-0.4, -0.2) is 13.2 Å². The second-order valence-corrected chi connectivity index (χ2v) is 6.92. The lowest BCUT2D eigenvalue weighted by Gasteiger charge is -2.26. The molecule has 0 unspecified atom stereocenters. The van der Waals surface area contributed by atoms with E-state index >= 15 is 0 Å². The topological polar surface area (TPSA) is 21.3 Å². The number of terminal acetylenes is 1. The number of halogens is 1. The van der Waals surface area contributed by atoms with Gasteiger partial charge in [0.1, 0.15) is 12.4 Å². The first-order chi connectivity index (χ1) is 10.2. The van der Waals surface area contributed by atoms with Gasteiger partial charge in [-0.1, -0.05) is 41.6 Å². The molecule has 0 saturated heterocycles. The van der Waals surface area contributed by atoms with Crippen molar-refractivity contribution in [2.75, 3.05) is 13.2 Å². The molecule has 0 amide bonds. The van der Waals surface area contributed by atoms with Crippen LogP contribution in [0.3, 0.4) is 0 Å². The SMILES string of the molecule is C#CCOc1ccc(Br)cc1CNCC1CCC(C)CC1. The molecule has 1 aromatic rings. The second kappa shape index (κ2) is 8.46. The van der Waals surface area contributed by atoms with E-state index in [1.807, 2.05) is 12.1 Å². The Kier molecular flexibility index (Phi) is 6.60. The van der Waals surface area contributed by atoms with Crippen molar-refractivity contribution >= 4 is 15.9 Å². The van der Waals surface area contributed by atoms with Gasteiger partial charge in [0.25, 0.3) is 0 Å². The summed E-state index contributed by atoms with van der Waals surface area (Å²) in [5, 5.41) is 3.58. The Morgan fingerprint density at radius 3 is 2.81 bits per heavy atom. The van der Waals surface area contributed by atoms with Crippen molar-refractivity contribution < 1.29 is 4.74 Å². The second-order valence-electron chi connectivity index (χ2n) is 6.00. The predicted octanol–water partition coefficient (Wildman–Crippen LogP) is 4.38. The zero-order chi connectivity index (χ0) is 15.1. The van der Waals surface area contributed by atoms with Gasteiger partial charge in [-0.05, 0) is 49.4 Å². The van der Waals surface area contributed by atoms with Crippen LogP contribution in [0.15, 0.2) is 22.7 Å². The van der Waals surface area contributed by atoms with Crippen molar-refractivity contribution in [2.24, 2.45) is 11.8 Å². The minimum absolute atomic E-state index is 0.315. The smallest absolute Gasteiger partial charge is 0.148 e. The summed E-state index contributed by atoms with van der Waals surface area (Å²) in [6.45, 7) is 4.59. The van der Waals surface area contributed by atoms with Gasteiger partial charge in [-0.2, -0.15) is 0 Å². The maximum atomic E-state index is 5.60. The fourth-order valence-electron chi connectivity index (χ4n) is 2.89. The van der Waals surface area contributed by atoms with Gasteiger partial charge in [-0.25, -0.2) is 0 Å². The maximum Gasteiger partial charge on any atom is 0.148 e. The lowest BCUT2D eigenvalue weighted by Crippen LogP contribution is -2.26. The van der Waals surface area contributed by atoms with Crippen molar-refractivity contribution in [2.45, 2.75) is 39.2 Å². The highest BCUT2D eigenvalue weighted by Gasteiger charge is 2.17. The highest BCUT2D eigenvalue weighted by atomic mass is 79.9. The number of ether oxygens (including phenoxy) is 1. The average Bonchev–Trinajstić information content (AvgIpc) is 2.48. The molecule has 1 fully saturated rings.